The number of nitrogens with zero attached hydrogens (tertiary/aromatic N) is 3. The third kappa shape index (κ3) is 2.06. The third-order valence-corrected chi connectivity index (χ3v) is 3.15. The van der Waals surface area contributed by atoms with E-state index in [0.717, 1.165) is 32.8 Å². The van der Waals surface area contributed by atoms with Gasteiger partial charge in [0.05, 0.1) is 18.8 Å². The maximum absolute atomic E-state index is 5.09. The molecule has 0 aliphatic carbocycles. The topological polar surface area (TPSA) is 30.3 Å². The number of aryl methyl sites for hydroxylation is 1. The van der Waals surface area contributed by atoms with Crippen molar-refractivity contribution in [3.05, 3.63) is 17.2 Å². The summed E-state index contributed by atoms with van der Waals surface area (Å²) in [5, 5.41) is 0. The lowest BCUT2D eigenvalue weighted by molar-refractivity contribution is 0.129. The van der Waals surface area contributed by atoms with E-state index in [4.69, 9.17) is 4.74 Å². The second-order valence-corrected chi connectivity index (χ2v) is 4.12. The number of fused-ring (bicyclic) bond motifs is 1. The molecule has 0 amide bonds. The zero-order valence-electron chi connectivity index (χ0n) is 9.79. The zero-order valence-corrected chi connectivity index (χ0v) is 9.79. The molecule has 1 aromatic heterocycles. The molecule has 1 aromatic rings. The number of hydrogen-bond acceptors (Lipinski definition) is 3. The summed E-state index contributed by atoms with van der Waals surface area (Å²) < 4.78 is 7.42. The van der Waals surface area contributed by atoms with Crippen molar-refractivity contribution >= 4 is 0 Å². The van der Waals surface area contributed by atoms with Gasteiger partial charge >= 0.3 is 0 Å². The molecule has 0 unspecified atom stereocenters. The smallest absolute Gasteiger partial charge is 0.123 e. The molecule has 0 saturated heterocycles. The van der Waals surface area contributed by atoms with E-state index in [1.165, 1.54) is 17.2 Å². The molecule has 0 atom stereocenters. The number of hydrogen-bond donors (Lipinski definition) is 0. The summed E-state index contributed by atoms with van der Waals surface area (Å²) in [6.45, 7) is 9.16. The molecule has 0 radical (unpaired) electrons. The van der Waals surface area contributed by atoms with Crippen LogP contribution in [0, 0.1) is 13.8 Å². The van der Waals surface area contributed by atoms with E-state index in [1.54, 1.807) is 7.11 Å². The van der Waals surface area contributed by atoms with Crippen molar-refractivity contribution in [2.45, 2.75) is 26.9 Å². The Bertz CT molecular complexity index is 346. The highest BCUT2D eigenvalue weighted by Gasteiger charge is 2.19. The molecule has 0 N–H and O–H groups in total. The van der Waals surface area contributed by atoms with Gasteiger partial charge in [-0.05, 0) is 13.8 Å². The molecule has 0 saturated carbocycles. The molecule has 84 valence electrons. The van der Waals surface area contributed by atoms with E-state index >= 15 is 0 Å². The van der Waals surface area contributed by atoms with Gasteiger partial charge in [0, 0.05) is 32.4 Å². The first-order valence-electron chi connectivity index (χ1n) is 5.46. The van der Waals surface area contributed by atoms with Crippen molar-refractivity contribution in [2.75, 3.05) is 26.8 Å². The minimum absolute atomic E-state index is 0.804. The van der Waals surface area contributed by atoms with E-state index in [2.05, 4.69) is 28.3 Å². The predicted octanol–water partition coefficient (Wildman–Crippen LogP) is 0.962. The number of methoxy groups -OCH3 is 1. The Balaban J connectivity index is 2.07. The van der Waals surface area contributed by atoms with Gasteiger partial charge in [-0.1, -0.05) is 0 Å². The fraction of sp³-hybridized carbons (Fsp3) is 0.727. The number of aromatic nitrogens is 2. The Hall–Kier alpha value is -0.870. The average Bonchev–Trinajstić information content (AvgIpc) is 2.52. The van der Waals surface area contributed by atoms with Gasteiger partial charge in [-0.15, -0.1) is 0 Å². The van der Waals surface area contributed by atoms with E-state index < -0.39 is 0 Å². The third-order valence-electron chi connectivity index (χ3n) is 3.15. The van der Waals surface area contributed by atoms with Gasteiger partial charge in [-0.3, -0.25) is 4.90 Å². The van der Waals surface area contributed by atoms with Crippen LogP contribution in [0.15, 0.2) is 0 Å². The Kier molecular flexibility index (Phi) is 3.07. The van der Waals surface area contributed by atoms with E-state index in [-0.39, 0.29) is 0 Å². The van der Waals surface area contributed by atoms with Gasteiger partial charge < -0.3 is 9.30 Å². The quantitative estimate of drug-likeness (QED) is 0.743. The fourth-order valence-electron chi connectivity index (χ4n) is 2.07. The summed E-state index contributed by atoms with van der Waals surface area (Å²) in [4.78, 5) is 6.98. The van der Waals surface area contributed by atoms with Gasteiger partial charge in [-0.25, -0.2) is 4.98 Å². The molecule has 1 aliphatic heterocycles. The summed E-state index contributed by atoms with van der Waals surface area (Å²) in [5.74, 6) is 1.20. The molecule has 0 spiro atoms. The van der Waals surface area contributed by atoms with Gasteiger partial charge in [0.1, 0.15) is 5.82 Å². The molecule has 2 heterocycles. The standard InChI is InChI=1S/C11H19N3O/c1-9-10(2)14-5-4-13(6-7-15-3)8-11(14)12-9/h4-8H2,1-3H3. The van der Waals surface area contributed by atoms with Crippen LogP contribution in [0.4, 0.5) is 0 Å². The predicted molar refractivity (Wildman–Crippen MR) is 58.9 cm³/mol. The Morgan fingerprint density at radius 3 is 2.87 bits per heavy atom. The first-order valence-corrected chi connectivity index (χ1v) is 5.46. The first-order chi connectivity index (χ1) is 7.22. The number of ether oxygens (including phenoxy) is 1. The molecular formula is C11H19N3O. The Labute approximate surface area is 90.9 Å². The van der Waals surface area contributed by atoms with Crippen LogP contribution in [0.3, 0.4) is 0 Å². The Morgan fingerprint density at radius 1 is 1.33 bits per heavy atom. The van der Waals surface area contributed by atoms with E-state index in [9.17, 15) is 0 Å². The van der Waals surface area contributed by atoms with Crippen LogP contribution < -0.4 is 0 Å². The molecule has 0 aromatic carbocycles. The maximum Gasteiger partial charge on any atom is 0.123 e. The lowest BCUT2D eigenvalue weighted by Crippen LogP contribution is -2.36. The lowest BCUT2D eigenvalue weighted by Gasteiger charge is -2.27. The van der Waals surface area contributed by atoms with Crippen LogP contribution in [0.25, 0.3) is 0 Å². The monoisotopic (exact) mass is 209 g/mol. The van der Waals surface area contributed by atoms with Crippen molar-refractivity contribution in [1.29, 1.82) is 0 Å². The van der Waals surface area contributed by atoms with Crippen molar-refractivity contribution in [3.8, 4) is 0 Å². The van der Waals surface area contributed by atoms with Crippen LogP contribution in [-0.2, 0) is 17.8 Å². The number of rotatable bonds is 3. The Morgan fingerprint density at radius 2 is 2.13 bits per heavy atom. The minimum Gasteiger partial charge on any atom is -0.383 e. The second-order valence-electron chi connectivity index (χ2n) is 4.12. The molecule has 1 aliphatic rings. The van der Waals surface area contributed by atoms with Crippen molar-refractivity contribution in [1.82, 2.24) is 14.5 Å². The normalized spacial score (nSPS) is 16.7. The van der Waals surface area contributed by atoms with Crippen LogP contribution in [0.1, 0.15) is 17.2 Å². The highest BCUT2D eigenvalue weighted by molar-refractivity contribution is 5.15. The van der Waals surface area contributed by atoms with E-state index in [1.807, 2.05) is 0 Å². The van der Waals surface area contributed by atoms with Crippen LogP contribution in [0.5, 0.6) is 0 Å². The van der Waals surface area contributed by atoms with Crippen molar-refractivity contribution in [3.63, 3.8) is 0 Å². The largest absolute Gasteiger partial charge is 0.383 e. The molecular weight excluding hydrogens is 190 g/mol. The minimum atomic E-state index is 0.804. The number of imidazole rings is 1. The van der Waals surface area contributed by atoms with Gasteiger partial charge in [0.25, 0.3) is 0 Å². The maximum atomic E-state index is 5.09. The molecule has 4 nitrogen and oxygen atoms in total. The van der Waals surface area contributed by atoms with Gasteiger partial charge in [-0.2, -0.15) is 0 Å². The first kappa shape index (κ1) is 10.6. The highest BCUT2D eigenvalue weighted by Crippen LogP contribution is 2.16. The summed E-state index contributed by atoms with van der Waals surface area (Å²) in [5.41, 5.74) is 2.48. The summed E-state index contributed by atoms with van der Waals surface area (Å²) in [6.07, 6.45) is 0. The lowest BCUT2D eigenvalue weighted by atomic mass is 10.3. The highest BCUT2D eigenvalue weighted by atomic mass is 16.5. The van der Waals surface area contributed by atoms with Gasteiger partial charge in [0.2, 0.25) is 0 Å². The SMILES string of the molecule is COCCN1CCn2c(nc(C)c2C)C1. The zero-order chi connectivity index (χ0) is 10.8. The summed E-state index contributed by atoms with van der Waals surface area (Å²) >= 11 is 0. The average molecular weight is 209 g/mol. The van der Waals surface area contributed by atoms with Gasteiger partial charge in [0.15, 0.2) is 0 Å². The van der Waals surface area contributed by atoms with Crippen LogP contribution in [-0.4, -0.2) is 41.3 Å². The van der Waals surface area contributed by atoms with Crippen molar-refractivity contribution < 1.29 is 4.74 Å². The fourth-order valence-corrected chi connectivity index (χ4v) is 2.07. The second kappa shape index (κ2) is 4.33. The van der Waals surface area contributed by atoms with E-state index in [0.29, 0.717) is 0 Å². The molecule has 0 fully saturated rings. The summed E-state index contributed by atoms with van der Waals surface area (Å²) in [6, 6.07) is 0. The molecule has 15 heavy (non-hydrogen) atoms. The molecule has 2 rings (SSSR count). The van der Waals surface area contributed by atoms with Crippen LogP contribution in [0.2, 0.25) is 0 Å². The molecule has 4 heteroatoms. The van der Waals surface area contributed by atoms with Crippen LogP contribution >= 0.6 is 0 Å². The molecule has 0 bridgehead atoms. The summed E-state index contributed by atoms with van der Waals surface area (Å²) in [7, 11) is 1.75. The van der Waals surface area contributed by atoms with Crippen molar-refractivity contribution in [2.24, 2.45) is 0 Å².